The number of hydrogen-bond donors (Lipinski definition) is 2. The molecule has 0 unspecified atom stereocenters. The standard InChI is InChI=1S/C23H26ClN3O3S2/c1-15-13-27(14-16(2)25-15)19-7-8-21(30-3)20(12-19)26-32(28,29)23-10-9-22(31-23)17-5-4-6-18(24)11-17/h4-12,15-16,25-26H,13-14H2,1-3H3/t15-,16+. The molecule has 0 saturated carbocycles. The minimum Gasteiger partial charge on any atom is -0.495 e. The average Bonchev–Trinajstić information content (AvgIpc) is 3.24. The number of nitrogens with one attached hydrogen (secondary N) is 2. The first kappa shape index (κ1) is 22.9. The highest BCUT2D eigenvalue weighted by atomic mass is 35.5. The van der Waals surface area contributed by atoms with Gasteiger partial charge in [-0.2, -0.15) is 0 Å². The summed E-state index contributed by atoms with van der Waals surface area (Å²) in [7, 11) is -2.26. The van der Waals surface area contributed by atoms with E-state index in [2.05, 4.69) is 28.8 Å². The molecule has 2 atom stereocenters. The molecule has 1 fully saturated rings. The van der Waals surface area contributed by atoms with E-state index in [1.54, 1.807) is 24.3 Å². The van der Waals surface area contributed by atoms with Crippen molar-refractivity contribution in [3.8, 4) is 16.2 Å². The Morgan fingerprint density at radius 1 is 1.09 bits per heavy atom. The number of piperazine rings is 1. The number of rotatable bonds is 6. The molecule has 1 aliphatic rings. The van der Waals surface area contributed by atoms with Crippen molar-refractivity contribution in [2.24, 2.45) is 0 Å². The molecular weight excluding hydrogens is 466 g/mol. The minimum absolute atomic E-state index is 0.226. The van der Waals surface area contributed by atoms with E-state index in [1.807, 2.05) is 30.3 Å². The van der Waals surface area contributed by atoms with E-state index in [0.717, 1.165) is 29.2 Å². The molecule has 1 saturated heterocycles. The fourth-order valence-electron chi connectivity index (χ4n) is 3.97. The van der Waals surface area contributed by atoms with Gasteiger partial charge in [0.05, 0.1) is 12.8 Å². The molecule has 2 aromatic carbocycles. The molecule has 0 bridgehead atoms. The first-order valence-corrected chi connectivity index (χ1v) is 13.0. The van der Waals surface area contributed by atoms with Gasteiger partial charge in [0.15, 0.2) is 0 Å². The van der Waals surface area contributed by atoms with Crippen LogP contribution < -0.4 is 19.7 Å². The number of ether oxygens (including phenoxy) is 1. The van der Waals surface area contributed by atoms with Crippen molar-refractivity contribution in [3.63, 3.8) is 0 Å². The zero-order valence-corrected chi connectivity index (χ0v) is 20.5. The van der Waals surface area contributed by atoms with Crippen LogP contribution in [0.1, 0.15) is 13.8 Å². The lowest BCUT2D eigenvalue weighted by molar-refractivity contribution is 0.406. The maximum atomic E-state index is 13.2. The molecule has 0 radical (unpaired) electrons. The zero-order valence-electron chi connectivity index (χ0n) is 18.1. The van der Waals surface area contributed by atoms with E-state index in [1.165, 1.54) is 18.4 Å². The van der Waals surface area contributed by atoms with E-state index in [9.17, 15) is 8.42 Å². The third-order valence-electron chi connectivity index (χ3n) is 5.31. The van der Waals surface area contributed by atoms with Crippen LogP contribution in [0, 0.1) is 0 Å². The van der Waals surface area contributed by atoms with Crippen LogP contribution in [-0.2, 0) is 10.0 Å². The summed E-state index contributed by atoms with van der Waals surface area (Å²) in [5.41, 5.74) is 2.25. The monoisotopic (exact) mass is 491 g/mol. The molecule has 2 N–H and O–H groups in total. The van der Waals surface area contributed by atoms with Gasteiger partial charge in [0.2, 0.25) is 0 Å². The predicted molar refractivity (Wildman–Crippen MR) is 133 cm³/mol. The molecule has 6 nitrogen and oxygen atoms in total. The van der Waals surface area contributed by atoms with Crippen LogP contribution in [-0.4, -0.2) is 40.7 Å². The normalized spacial score (nSPS) is 19.1. The summed E-state index contributed by atoms with van der Waals surface area (Å²) < 4.78 is 34.7. The van der Waals surface area contributed by atoms with Crippen LogP contribution in [0.3, 0.4) is 0 Å². The third-order valence-corrected chi connectivity index (χ3v) is 8.53. The lowest BCUT2D eigenvalue weighted by atomic mass is 10.1. The van der Waals surface area contributed by atoms with Gasteiger partial charge in [-0.05, 0) is 61.9 Å². The highest BCUT2D eigenvalue weighted by Gasteiger charge is 2.24. The molecule has 1 aliphatic heterocycles. The highest BCUT2D eigenvalue weighted by Crippen LogP contribution is 2.36. The number of anilines is 2. The quantitative estimate of drug-likeness (QED) is 0.504. The Balaban J connectivity index is 1.61. The van der Waals surface area contributed by atoms with Crippen molar-refractivity contribution >= 4 is 44.3 Å². The van der Waals surface area contributed by atoms with E-state index < -0.39 is 10.0 Å². The van der Waals surface area contributed by atoms with Gasteiger partial charge in [-0.3, -0.25) is 4.72 Å². The SMILES string of the molecule is COc1ccc(N2C[C@@H](C)N[C@@H](C)C2)cc1NS(=O)(=O)c1ccc(-c2cccc(Cl)c2)s1. The van der Waals surface area contributed by atoms with Gasteiger partial charge in [-0.15, -0.1) is 11.3 Å². The molecule has 4 rings (SSSR count). The molecule has 0 aliphatic carbocycles. The van der Waals surface area contributed by atoms with Crippen LogP contribution in [0.5, 0.6) is 5.75 Å². The molecule has 0 spiro atoms. The third kappa shape index (κ3) is 5.04. The molecule has 3 aromatic rings. The maximum absolute atomic E-state index is 13.2. The summed E-state index contributed by atoms with van der Waals surface area (Å²) in [6.45, 7) is 5.97. The molecule has 170 valence electrons. The topological polar surface area (TPSA) is 70.7 Å². The summed E-state index contributed by atoms with van der Waals surface area (Å²) in [5.74, 6) is 0.472. The second-order valence-electron chi connectivity index (χ2n) is 7.99. The Morgan fingerprint density at radius 3 is 2.53 bits per heavy atom. The Kier molecular flexibility index (Phi) is 6.67. The summed E-state index contributed by atoms with van der Waals surface area (Å²) in [4.78, 5) is 3.09. The Labute approximate surface area is 198 Å². The number of benzene rings is 2. The van der Waals surface area contributed by atoms with E-state index in [-0.39, 0.29) is 4.21 Å². The number of nitrogens with zero attached hydrogens (tertiary/aromatic N) is 1. The summed E-state index contributed by atoms with van der Waals surface area (Å²) in [6, 6.07) is 17.1. The number of halogens is 1. The molecule has 2 heterocycles. The molecule has 0 amide bonds. The van der Waals surface area contributed by atoms with E-state index in [4.69, 9.17) is 16.3 Å². The second kappa shape index (κ2) is 9.31. The minimum atomic E-state index is -3.79. The van der Waals surface area contributed by atoms with Crippen molar-refractivity contribution < 1.29 is 13.2 Å². The molecule has 9 heteroatoms. The first-order chi connectivity index (χ1) is 15.2. The highest BCUT2D eigenvalue weighted by molar-refractivity contribution is 7.94. The molecule has 32 heavy (non-hydrogen) atoms. The summed E-state index contributed by atoms with van der Waals surface area (Å²) in [5, 5.41) is 4.12. The second-order valence-corrected chi connectivity index (χ2v) is 11.4. The van der Waals surface area contributed by atoms with Gasteiger partial charge in [0, 0.05) is 40.8 Å². The number of sulfonamides is 1. The van der Waals surface area contributed by atoms with Crippen LogP contribution in [0.2, 0.25) is 5.02 Å². The lowest BCUT2D eigenvalue weighted by Crippen LogP contribution is -2.54. The Bertz CT molecular complexity index is 1200. The van der Waals surface area contributed by atoms with Crippen molar-refractivity contribution in [2.75, 3.05) is 29.8 Å². The van der Waals surface area contributed by atoms with Crippen molar-refractivity contribution in [3.05, 3.63) is 59.6 Å². The smallest absolute Gasteiger partial charge is 0.271 e. The number of methoxy groups -OCH3 is 1. The van der Waals surface area contributed by atoms with Crippen molar-refractivity contribution in [1.82, 2.24) is 5.32 Å². The first-order valence-electron chi connectivity index (χ1n) is 10.3. The maximum Gasteiger partial charge on any atom is 0.271 e. The Morgan fingerprint density at radius 2 is 1.84 bits per heavy atom. The van der Waals surface area contributed by atoms with Gasteiger partial charge in [0.1, 0.15) is 9.96 Å². The fourth-order valence-corrected chi connectivity index (χ4v) is 6.52. The van der Waals surface area contributed by atoms with Gasteiger partial charge < -0.3 is 15.0 Å². The lowest BCUT2D eigenvalue weighted by Gasteiger charge is -2.38. The van der Waals surface area contributed by atoms with Gasteiger partial charge >= 0.3 is 0 Å². The van der Waals surface area contributed by atoms with Crippen LogP contribution in [0.15, 0.2) is 58.8 Å². The predicted octanol–water partition coefficient (Wildman–Crippen LogP) is 5.06. The Hall–Kier alpha value is -2.26. The van der Waals surface area contributed by atoms with Crippen LogP contribution in [0.25, 0.3) is 10.4 Å². The zero-order chi connectivity index (χ0) is 22.9. The number of hydrogen-bond acceptors (Lipinski definition) is 6. The molecular formula is C23H26ClN3O3S2. The van der Waals surface area contributed by atoms with E-state index in [0.29, 0.717) is 28.5 Å². The van der Waals surface area contributed by atoms with E-state index >= 15 is 0 Å². The fraction of sp³-hybridized carbons (Fsp3) is 0.304. The van der Waals surface area contributed by atoms with Gasteiger partial charge in [0.25, 0.3) is 10.0 Å². The van der Waals surface area contributed by atoms with Crippen LogP contribution in [0.4, 0.5) is 11.4 Å². The summed E-state index contributed by atoms with van der Waals surface area (Å²) in [6.07, 6.45) is 0. The van der Waals surface area contributed by atoms with Crippen molar-refractivity contribution in [2.45, 2.75) is 30.1 Å². The van der Waals surface area contributed by atoms with Crippen LogP contribution >= 0.6 is 22.9 Å². The molecule has 1 aromatic heterocycles. The summed E-state index contributed by atoms with van der Waals surface area (Å²) >= 11 is 7.28. The van der Waals surface area contributed by atoms with Crippen molar-refractivity contribution in [1.29, 1.82) is 0 Å². The number of thiophene rings is 1. The largest absolute Gasteiger partial charge is 0.495 e. The average molecular weight is 492 g/mol. The van der Waals surface area contributed by atoms with Gasteiger partial charge in [-0.1, -0.05) is 23.7 Å². The van der Waals surface area contributed by atoms with Gasteiger partial charge in [-0.25, -0.2) is 8.42 Å².